The molecule has 0 bridgehead atoms. The van der Waals surface area contributed by atoms with Crippen molar-refractivity contribution in [1.82, 2.24) is 0 Å². The molecule has 0 saturated heterocycles. The molecule has 3 fully saturated rings. The van der Waals surface area contributed by atoms with Crippen LogP contribution < -0.4 is 0 Å². The Hall–Kier alpha value is -0.590. The minimum atomic E-state index is 0.212. The van der Waals surface area contributed by atoms with E-state index >= 15 is 0 Å². The highest BCUT2D eigenvalue weighted by atomic mass is 16.1. The molecule has 0 heterocycles. The number of allylic oxidation sites excluding steroid dienone is 1. The van der Waals surface area contributed by atoms with E-state index in [9.17, 15) is 4.79 Å². The predicted octanol–water partition coefficient (Wildman–Crippen LogP) is 3.35. The van der Waals surface area contributed by atoms with E-state index in [0.29, 0.717) is 5.78 Å². The largest absolute Gasteiger partial charge is 0.295 e. The molecular formula is C14H20O. The van der Waals surface area contributed by atoms with Gasteiger partial charge >= 0.3 is 0 Å². The van der Waals surface area contributed by atoms with Gasteiger partial charge in [-0.25, -0.2) is 0 Å². The van der Waals surface area contributed by atoms with Crippen molar-refractivity contribution in [3.8, 4) is 0 Å². The third-order valence-electron chi connectivity index (χ3n) is 5.82. The maximum Gasteiger partial charge on any atom is 0.159 e. The molecule has 3 aliphatic carbocycles. The summed E-state index contributed by atoms with van der Waals surface area (Å²) in [6.45, 7) is 8.84. The van der Waals surface area contributed by atoms with Crippen LogP contribution in [0.25, 0.3) is 0 Å². The van der Waals surface area contributed by atoms with E-state index in [2.05, 4.69) is 20.4 Å². The van der Waals surface area contributed by atoms with Gasteiger partial charge in [0.05, 0.1) is 0 Å². The van der Waals surface area contributed by atoms with Crippen LogP contribution in [0.1, 0.15) is 46.0 Å². The molecule has 1 heteroatoms. The van der Waals surface area contributed by atoms with Crippen LogP contribution >= 0.6 is 0 Å². The monoisotopic (exact) mass is 204 g/mol. The van der Waals surface area contributed by atoms with Gasteiger partial charge in [-0.05, 0) is 48.5 Å². The molecular weight excluding hydrogens is 184 g/mol. The minimum Gasteiger partial charge on any atom is -0.295 e. The van der Waals surface area contributed by atoms with E-state index in [1.807, 2.05) is 0 Å². The van der Waals surface area contributed by atoms with Crippen molar-refractivity contribution in [3.63, 3.8) is 0 Å². The number of hydrogen-bond acceptors (Lipinski definition) is 1. The summed E-state index contributed by atoms with van der Waals surface area (Å²) in [5, 5.41) is 0. The first-order valence-corrected chi connectivity index (χ1v) is 6.24. The smallest absolute Gasteiger partial charge is 0.159 e. The molecule has 0 N–H and O–H groups in total. The minimum absolute atomic E-state index is 0.212. The number of ketones is 1. The Bertz CT molecular complexity index is 356. The first-order valence-electron chi connectivity index (χ1n) is 6.24. The summed E-state index contributed by atoms with van der Waals surface area (Å²) >= 11 is 0. The van der Waals surface area contributed by atoms with Crippen LogP contribution in [0.3, 0.4) is 0 Å². The summed E-state index contributed by atoms with van der Waals surface area (Å²) in [4.78, 5) is 11.9. The number of carbonyl (C=O) groups excluding carboxylic acids is 1. The molecule has 82 valence electrons. The van der Waals surface area contributed by atoms with Gasteiger partial charge in [0.15, 0.2) is 5.78 Å². The molecule has 0 aromatic rings. The fourth-order valence-electron chi connectivity index (χ4n) is 5.00. The molecule has 0 aliphatic heterocycles. The van der Waals surface area contributed by atoms with Crippen molar-refractivity contribution in [2.75, 3.05) is 0 Å². The summed E-state index contributed by atoms with van der Waals surface area (Å²) in [6, 6.07) is 0. The lowest BCUT2D eigenvalue weighted by molar-refractivity contribution is -0.115. The predicted molar refractivity (Wildman–Crippen MR) is 60.4 cm³/mol. The number of carbonyl (C=O) groups is 1. The zero-order valence-corrected chi connectivity index (χ0v) is 9.81. The van der Waals surface area contributed by atoms with Crippen molar-refractivity contribution in [3.05, 3.63) is 12.2 Å². The second kappa shape index (κ2) is 2.56. The first kappa shape index (κ1) is 9.62. The molecule has 0 aromatic heterocycles. The van der Waals surface area contributed by atoms with Crippen LogP contribution in [-0.4, -0.2) is 5.78 Å². The van der Waals surface area contributed by atoms with Gasteiger partial charge in [-0.3, -0.25) is 4.79 Å². The summed E-state index contributed by atoms with van der Waals surface area (Å²) in [6.07, 6.45) is 5.86. The second-order valence-corrected chi connectivity index (χ2v) is 6.27. The molecule has 0 unspecified atom stereocenters. The van der Waals surface area contributed by atoms with Crippen LogP contribution in [0.15, 0.2) is 12.2 Å². The Balaban J connectivity index is 2.15. The van der Waals surface area contributed by atoms with Crippen LogP contribution in [0, 0.1) is 22.7 Å². The molecule has 4 atom stereocenters. The lowest BCUT2D eigenvalue weighted by Gasteiger charge is -2.38. The molecule has 0 aromatic carbocycles. The van der Waals surface area contributed by atoms with Gasteiger partial charge in [-0.1, -0.05) is 20.4 Å². The van der Waals surface area contributed by atoms with Crippen LogP contribution in [-0.2, 0) is 4.79 Å². The number of Topliss-reactive ketones (excluding diaryl/α,β-unsaturated/α-hetero) is 1. The van der Waals surface area contributed by atoms with E-state index in [1.54, 1.807) is 0 Å². The fourth-order valence-corrected chi connectivity index (χ4v) is 5.00. The Kier molecular flexibility index (Phi) is 1.64. The van der Waals surface area contributed by atoms with E-state index in [-0.39, 0.29) is 10.8 Å². The highest BCUT2D eigenvalue weighted by Crippen LogP contribution is 2.72. The van der Waals surface area contributed by atoms with E-state index in [0.717, 1.165) is 23.8 Å². The van der Waals surface area contributed by atoms with Gasteiger partial charge in [0, 0.05) is 11.8 Å². The van der Waals surface area contributed by atoms with Gasteiger partial charge < -0.3 is 0 Å². The van der Waals surface area contributed by atoms with Gasteiger partial charge in [0.2, 0.25) is 0 Å². The van der Waals surface area contributed by atoms with Gasteiger partial charge in [0.25, 0.3) is 0 Å². The molecule has 0 amide bonds. The van der Waals surface area contributed by atoms with Crippen molar-refractivity contribution < 1.29 is 4.79 Å². The lowest BCUT2D eigenvalue weighted by atomic mass is 9.64. The summed E-state index contributed by atoms with van der Waals surface area (Å²) in [7, 11) is 0. The SMILES string of the molecule is C=C1C(=O)C[C@]2(C)CC[C@H]3[C@H](C)CC[C@]132. The zero-order chi connectivity index (χ0) is 10.8. The second-order valence-electron chi connectivity index (χ2n) is 6.27. The van der Waals surface area contributed by atoms with Crippen LogP contribution in [0.4, 0.5) is 0 Å². The highest BCUT2D eigenvalue weighted by molar-refractivity contribution is 6.00. The Labute approximate surface area is 91.9 Å². The normalized spacial score (nSPS) is 53.5. The van der Waals surface area contributed by atoms with Crippen LogP contribution in [0.5, 0.6) is 0 Å². The maximum atomic E-state index is 11.9. The molecule has 3 rings (SSSR count). The van der Waals surface area contributed by atoms with Crippen LogP contribution in [0.2, 0.25) is 0 Å². The van der Waals surface area contributed by atoms with E-state index < -0.39 is 0 Å². The number of rotatable bonds is 0. The molecule has 3 aliphatic rings. The first-order chi connectivity index (χ1) is 7.01. The van der Waals surface area contributed by atoms with E-state index in [4.69, 9.17) is 0 Å². The summed E-state index contributed by atoms with van der Waals surface area (Å²) in [5.41, 5.74) is 1.46. The van der Waals surface area contributed by atoms with Crippen molar-refractivity contribution in [1.29, 1.82) is 0 Å². The fraction of sp³-hybridized carbons (Fsp3) is 0.786. The summed E-state index contributed by atoms with van der Waals surface area (Å²) in [5.74, 6) is 1.91. The maximum absolute atomic E-state index is 11.9. The third-order valence-corrected chi connectivity index (χ3v) is 5.82. The molecule has 1 spiro atoms. The average molecular weight is 204 g/mol. The molecule has 1 nitrogen and oxygen atoms in total. The van der Waals surface area contributed by atoms with Crippen molar-refractivity contribution in [2.24, 2.45) is 22.7 Å². The van der Waals surface area contributed by atoms with Gasteiger partial charge in [-0.15, -0.1) is 0 Å². The molecule has 0 radical (unpaired) electrons. The Morgan fingerprint density at radius 3 is 2.80 bits per heavy atom. The van der Waals surface area contributed by atoms with Gasteiger partial charge in [0.1, 0.15) is 0 Å². The quantitative estimate of drug-likeness (QED) is 0.553. The van der Waals surface area contributed by atoms with Crippen molar-refractivity contribution >= 4 is 5.78 Å². The Morgan fingerprint density at radius 2 is 2.07 bits per heavy atom. The van der Waals surface area contributed by atoms with Gasteiger partial charge in [-0.2, -0.15) is 0 Å². The van der Waals surface area contributed by atoms with E-state index in [1.165, 1.54) is 25.7 Å². The average Bonchev–Trinajstić information content (AvgIpc) is 2.70. The molecule has 15 heavy (non-hydrogen) atoms. The lowest BCUT2D eigenvalue weighted by Crippen LogP contribution is -2.33. The third kappa shape index (κ3) is 0.847. The number of hydrogen-bond donors (Lipinski definition) is 0. The zero-order valence-electron chi connectivity index (χ0n) is 9.81. The highest BCUT2D eigenvalue weighted by Gasteiger charge is 2.67. The van der Waals surface area contributed by atoms with Crippen molar-refractivity contribution in [2.45, 2.75) is 46.0 Å². The Morgan fingerprint density at radius 1 is 1.33 bits per heavy atom. The topological polar surface area (TPSA) is 17.1 Å². The summed E-state index contributed by atoms with van der Waals surface area (Å²) < 4.78 is 0. The molecule has 3 saturated carbocycles. The standard InChI is InChI=1S/C14H20O/c1-9-4-7-14-10(2)12(15)8-13(14,3)6-5-11(9)14/h9,11H,2,4-8H2,1,3H3/t9-,11+,13+,14+/m1/s1.